The molecule has 0 bridgehead atoms. The molecule has 0 aliphatic carbocycles. The third-order valence-electron chi connectivity index (χ3n) is 5.32. The van der Waals surface area contributed by atoms with Gasteiger partial charge >= 0.3 is 17.8 Å². The lowest BCUT2D eigenvalue weighted by molar-refractivity contribution is -0.149. The third-order valence-corrected chi connectivity index (χ3v) is 5.32. The summed E-state index contributed by atoms with van der Waals surface area (Å²) in [6.07, 6.45) is 0.435. The summed E-state index contributed by atoms with van der Waals surface area (Å²) < 4.78 is 11.5. The molecule has 0 unspecified atom stereocenters. The monoisotopic (exact) mass is 500 g/mol. The van der Waals surface area contributed by atoms with Crippen LogP contribution in [0.25, 0.3) is 5.69 Å². The first kappa shape index (κ1) is 26.2. The van der Waals surface area contributed by atoms with E-state index in [1.807, 2.05) is 0 Å². The Hall–Kier alpha value is -4.42. The minimum Gasteiger partial charge on any atom is -0.486 e. The summed E-state index contributed by atoms with van der Waals surface area (Å²) in [6.45, 7) is 5.22. The lowest BCUT2D eigenvalue weighted by atomic mass is 10.1. The SMILES string of the molecule is CC(=O)COc1ccc(-n2ccc(NC(=O)N3CCN(C(=O)C(C)(C)OC(N)=O)CC3)nc2=O)cc1. The van der Waals surface area contributed by atoms with E-state index in [-0.39, 0.29) is 44.4 Å². The van der Waals surface area contributed by atoms with Crippen molar-refractivity contribution in [3.05, 3.63) is 47.0 Å². The van der Waals surface area contributed by atoms with Gasteiger partial charge in [-0.3, -0.25) is 19.5 Å². The van der Waals surface area contributed by atoms with Crippen LogP contribution in [0.3, 0.4) is 0 Å². The van der Waals surface area contributed by atoms with E-state index in [2.05, 4.69) is 10.3 Å². The number of hydrogen-bond acceptors (Lipinski definition) is 8. The van der Waals surface area contributed by atoms with E-state index >= 15 is 0 Å². The molecule has 13 heteroatoms. The Morgan fingerprint density at radius 2 is 1.64 bits per heavy atom. The smallest absolute Gasteiger partial charge is 0.405 e. The predicted octanol–water partition coefficient (Wildman–Crippen LogP) is 0.750. The number of hydrogen-bond donors (Lipinski definition) is 2. The van der Waals surface area contributed by atoms with E-state index in [1.165, 1.54) is 47.4 Å². The quantitative estimate of drug-likeness (QED) is 0.562. The first-order valence-electron chi connectivity index (χ1n) is 11.1. The van der Waals surface area contributed by atoms with Crippen molar-refractivity contribution in [2.75, 3.05) is 38.1 Å². The average molecular weight is 501 g/mol. The number of anilines is 1. The summed E-state index contributed by atoms with van der Waals surface area (Å²) in [6, 6.07) is 7.58. The van der Waals surface area contributed by atoms with Crippen molar-refractivity contribution in [3.8, 4) is 11.4 Å². The van der Waals surface area contributed by atoms with Gasteiger partial charge in [-0.1, -0.05) is 0 Å². The highest BCUT2D eigenvalue weighted by molar-refractivity contribution is 5.89. The topological polar surface area (TPSA) is 166 Å². The van der Waals surface area contributed by atoms with Crippen molar-refractivity contribution in [2.24, 2.45) is 5.73 Å². The van der Waals surface area contributed by atoms with Crippen molar-refractivity contribution in [1.82, 2.24) is 19.4 Å². The number of ketones is 1. The first-order valence-corrected chi connectivity index (χ1v) is 11.1. The van der Waals surface area contributed by atoms with Crippen molar-refractivity contribution in [2.45, 2.75) is 26.4 Å². The zero-order valence-electron chi connectivity index (χ0n) is 20.2. The standard InChI is InChI=1S/C23H28N6O7/c1-15(30)14-35-17-6-4-16(5-7-17)29-9-8-18(26-22(29)34)25-21(33)28-12-10-27(11-13-28)19(31)23(2,3)36-20(24)32/h4-9H,10-14H2,1-3H3,(H2,24,32)(H,25,26,33,34). The third kappa shape index (κ3) is 6.58. The number of urea groups is 1. The number of primary amides is 1. The molecule has 0 radical (unpaired) electrons. The van der Waals surface area contributed by atoms with Crippen molar-refractivity contribution in [1.29, 1.82) is 0 Å². The number of nitrogens with two attached hydrogens (primary N) is 1. The molecule has 3 N–H and O–H groups in total. The number of piperazine rings is 1. The molecular weight excluding hydrogens is 472 g/mol. The van der Waals surface area contributed by atoms with Gasteiger partial charge in [0.25, 0.3) is 5.91 Å². The zero-order chi connectivity index (χ0) is 26.5. The fourth-order valence-corrected chi connectivity index (χ4v) is 3.53. The van der Waals surface area contributed by atoms with E-state index < -0.39 is 29.3 Å². The van der Waals surface area contributed by atoms with Crippen molar-refractivity contribution in [3.63, 3.8) is 0 Å². The molecule has 1 saturated heterocycles. The highest BCUT2D eigenvalue weighted by Crippen LogP contribution is 2.17. The van der Waals surface area contributed by atoms with Crippen LogP contribution in [0.4, 0.5) is 15.4 Å². The Balaban J connectivity index is 1.57. The molecule has 192 valence electrons. The summed E-state index contributed by atoms with van der Waals surface area (Å²) in [7, 11) is 0. The predicted molar refractivity (Wildman–Crippen MR) is 128 cm³/mol. The molecular formula is C23H28N6O7. The highest BCUT2D eigenvalue weighted by atomic mass is 16.6. The van der Waals surface area contributed by atoms with Crippen molar-refractivity contribution >= 4 is 29.6 Å². The Morgan fingerprint density at radius 3 is 2.19 bits per heavy atom. The molecule has 1 fully saturated rings. The largest absolute Gasteiger partial charge is 0.486 e. The molecule has 0 spiro atoms. The molecule has 1 aliphatic heterocycles. The molecule has 36 heavy (non-hydrogen) atoms. The van der Waals surface area contributed by atoms with Gasteiger partial charge in [0.2, 0.25) is 0 Å². The van der Waals surface area contributed by atoms with E-state index in [0.717, 1.165) is 0 Å². The van der Waals surface area contributed by atoms with Gasteiger partial charge in [-0.05, 0) is 51.1 Å². The van der Waals surface area contributed by atoms with Crippen LogP contribution >= 0.6 is 0 Å². The lowest BCUT2D eigenvalue weighted by Gasteiger charge is -2.37. The maximum atomic E-state index is 12.6. The molecule has 1 aromatic heterocycles. The van der Waals surface area contributed by atoms with Crippen LogP contribution in [0, 0.1) is 0 Å². The first-order chi connectivity index (χ1) is 17.0. The Labute approximate surface area is 206 Å². The molecule has 13 nitrogen and oxygen atoms in total. The molecule has 2 aromatic rings. The van der Waals surface area contributed by atoms with Crippen molar-refractivity contribution < 1.29 is 28.7 Å². The molecule has 3 rings (SSSR count). The zero-order valence-corrected chi connectivity index (χ0v) is 20.2. The van der Waals surface area contributed by atoms with Gasteiger partial charge < -0.3 is 25.0 Å². The molecule has 2 heterocycles. The van der Waals surface area contributed by atoms with Crippen LogP contribution in [0.5, 0.6) is 5.75 Å². The van der Waals surface area contributed by atoms with Crippen LogP contribution in [0.2, 0.25) is 0 Å². The summed E-state index contributed by atoms with van der Waals surface area (Å²) in [5, 5.41) is 2.59. The molecule has 0 atom stereocenters. The number of benzene rings is 1. The highest BCUT2D eigenvalue weighted by Gasteiger charge is 2.37. The van der Waals surface area contributed by atoms with E-state index in [0.29, 0.717) is 11.4 Å². The van der Waals surface area contributed by atoms with Gasteiger partial charge in [0.05, 0.1) is 5.69 Å². The lowest BCUT2D eigenvalue weighted by Crippen LogP contribution is -2.56. The molecule has 1 aromatic carbocycles. The Kier molecular flexibility index (Phi) is 7.92. The number of amides is 4. The van der Waals surface area contributed by atoms with Gasteiger partial charge in [-0.2, -0.15) is 4.98 Å². The van der Waals surface area contributed by atoms with E-state index in [4.69, 9.17) is 15.2 Å². The Bertz CT molecular complexity index is 1200. The van der Waals surface area contributed by atoms with Gasteiger partial charge in [0.15, 0.2) is 11.4 Å². The second-order valence-electron chi connectivity index (χ2n) is 8.59. The molecule has 1 aliphatic rings. The minimum absolute atomic E-state index is 0.0394. The second kappa shape index (κ2) is 10.9. The average Bonchev–Trinajstić information content (AvgIpc) is 2.82. The number of carbonyl (C=O) groups is 4. The number of nitrogens with zero attached hydrogens (tertiary/aromatic N) is 4. The molecule has 4 amide bonds. The second-order valence-corrected chi connectivity index (χ2v) is 8.59. The van der Waals surface area contributed by atoms with Gasteiger partial charge in [0.1, 0.15) is 18.2 Å². The number of nitrogens with one attached hydrogen (secondary N) is 1. The summed E-state index contributed by atoms with van der Waals surface area (Å²) in [5.41, 5.74) is 3.54. The van der Waals surface area contributed by atoms with E-state index in [9.17, 15) is 24.0 Å². The normalized spacial score (nSPS) is 13.6. The van der Waals surface area contributed by atoms with Gasteiger partial charge in [0, 0.05) is 32.4 Å². The summed E-state index contributed by atoms with van der Waals surface area (Å²) >= 11 is 0. The maximum Gasteiger partial charge on any atom is 0.405 e. The summed E-state index contributed by atoms with van der Waals surface area (Å²) in [4.78, 5) is 66.7. The minimum atomic E-state index is -1.41. The van der Waals surface area contributed by atoms with Crippen LogP contribution in [0.1, 0.15) is 20.8 Å². The van der Waals surface area contributed by atoms with Gasteiger partial charge in [-0.15, -0.1) is 0 Å². The fraction of sp³-hybridized carbons (Fsp3) is 0.391. The maximum absolute atomic E-state index is 12.6. The number of carbonyl (C=O) groups excluding carboxylic acids is 4. The van der Waals surface area contributed by atoms with Crippen LogP contribution < -0.4 is 21.5 Å². The summed E-state index contributed by atoms with van der Waals surface area (Å²) in [5.74, 6) is 0.0538. The van der Waals surface area contributed by atoms with Crippen LogP contribution in [-0.2, 0) is 14.3 Å². The van der Waals surface area contributed by atoms with Crippen LogP contribution in [-0.4, -0.2) is 81.6 Å². The number of aromatic nitrogens is 2. The fourth-order valence-electron chi connectivity index (χ4n) is 3.53. The number of ether oxygens (including phenoxy) is 2. The molecule has 0 saturated carbocycles. The van der Waals surface area contributed by atoms with Crippen LogP contribution in [0.15, 0.2) is 41.3 Å². The number of Topliss-reactive ketones (excluding diaryl/α,β-unsaturated/α-hetero) is 1. The Morgan fingerprint density at radius 1 is 1.03 bits per heavy atom. The van der Waals surface area contributed by atoms with E-state index in [1.54, 1.807) is 24.3 Å². The van der Waals surface area contributed by atoms with Gasteiger partial charge in [-0.25, -0.2) is 14.4 Å². The number of rotatable bonds is 7.